The van der Waals surface area contributed by atoms with Gasteiger partial charge in [-0.1, -0.05) is 12.1 Å². The molecule has 2 fully saturated rings. The molecule has 0 radical (unpaired) electrons. The molecule has 3 aliphatic rings. The van der Waals surface area contributed by atoms with Crippen molar-refractivity contribution < 1.29 is 9.18 Å². The number of fused-ring (bicyclic) bond motifs is 5. The average molecular weight is 397 g/mol. The highest BCUT2D eigenvalue weighted by Gasteiger charge is 2.55. The molecule has 0 spiro atoms. The molecule has 1 aliphatic heterocycles. The molecule has 0 saturated heterocycles. The minimum Gasteiger partial charge on any atom is -0.369 e. The molecule has 1 aromatic heterocycles. The van der Waals surface area contributed by atoms with Crippen LogP contribution in [0.3, 0.4) is 0 Å². The second-order valence-corrected chi connectivity index (χ2v) is 8.76. The highest BCUT2D eigenvalue weighted by molar-refractivity contribution is 8.02. The van der Waals surface area contributed by atoms with Gasteiger partial charge in [-0.25, -0.2) is 9.37 Å². The number of hydrogen-bond acceptors (Lipinski definition) is 6. The number of aromatic nitrogens is 2. The number of hydrogen-bond donors (Lipinski definition) is 3. The van der Waals surface area contributed by atoms with Gasteiger partial charge < -0.3 is 16.4 Å². The molecule has 6 bridgehead atoms. The zero-order valence-electron chi connectivity index (χ0n) is 15.0. The summed E-state index contributed by atoms with van der Waals surface area (Å²) in [6.07, 6.45) is 5.10. The van der Waals surface area contributed by atoms with Crippen molar-refractivity contribution in [1.29, 1.82) is 0 Å². The lowest BCUT2D eigenvalue weighted by atomic mass is 9.83. The average Bonchev–Trinajstić information content (AvgIpc) is 3.22. The predicted octanol–water partition coefficient (Wildman–Crippen LogP) is 3.37. The zero-order valence-corrected chi connectivity index (χ0v) is 15.8. The molecule has 2 aromatic rings. The van der Waals surface area contributed by atoms with Crippen molar-refractivity contribution in [1.82, 2.24) is 9.97 Å². The van der Waals surface area contributed by atoms with E-state index in [4.69, 9.17) is 5.73 Å². The number of primary amides is 1. The number of carbonyl (C=O) groups excluding carboxylic acids is 1. The van der Waals surface area contributed by atoms with E-state index in [1.807, 2.05) is 24.3 Å². The summed E-state index contributed by atoms with van der Waals surface area (Å²) in [5.74, 6) is -0.311. The molecule has 0 unspecified atom stereocenters. The van der Waals surface area contributed by atoms with E-state index in [1.54, 1.807) is 11.8 Å². The number of nitrogens with one attached hydrogen (secondary N) is 2. The minimum atomic E-state index is -0.540. The largest absolute Gasteiger partial charge is 0.369 e. The van der Waals surface area contributed by atoms with E-state index in [1.165, 1.54) is 0 Å². The van der Waals surface area contributed by atoms with E-state index in [2.05, 4.69) is 32.1 Å². The number of benzene rings is 1. The summed E-state index contributed by atoms with van der Waals surface area (Å²) < 4.78 is 14.4. The Morgan fingerprint density at radius 2 is 2.21 bits per heavy atom. The smallest absolute Gasteiger partial charge is 0.229 e. The van der Waals surface area contributed by atoms with Crippen molar-refractivity contribution in [2.45, 2.75) is 24.1 Å². The fourth-order valence-electron chi connectivity index (χ4n) is 4.82. The number of carbonyl (C=O) groups is 1. The van der Waals surface area contributed by atoms with Crippen LogP contribution in [0.1, 0.15) is 18.4 Å². The van der Waals surface area contributed by atoms with E-state index in [0.717, 1.165) is 30.3 Å². The molecular formula is C20H20FN5OS. The summed E-state index contributed by atoms with van der Waals surface area (Å²) in [6.45, 7) is 0. The molecule has 2 saturated carbocycles. The second kappa shape index (κ2) is 6.77. The molecule has 6 nitrogen and oxygen atoms in total. The van der Waals surface area contributed by atoms with Crippen LogP contribution in [0.4, 0.5) is 21.8 Å². The molecule has 1 amide bonds. The van der Waals surface area contributed by atoms with E-state index in [9.17, 15) is 9.18 Å². The standard InChI is InChI=1S/C20H20FN5OS/c21-14-9-23-20-24-12-3-1-2-10(6-12)4-5-28-15-8-11-7-13(15)17(16(11)18(22)27)25-19(14)26-20/h1-6,9,11,13,15-17H,7-8H2,(H2,22,27)(H2,23,24,25,26)/b5-4-/t11-,13-,15-,16+,17-/m1/s1. The molecule has 5 atom stereocenters. The van der Waals surface area contributed by atoms with Crippen molar-refractivity contribution in [3.63, 3.8) is 0 Å². The van der Waals surface area contributed by atoms with Gasteiger partial charge in [0.2, 0.25) is 11.9 Å². The van der Waals surface area contributed by atoms with Crippen LogP contribution in [-0.2, 0) is 4.79 Å². The van der Waals surface area contributed by atoms with Crippen molar-refractivity contribution in [2.24, 2.45) is 23.5 Å². The summed E-state index contributed by atoms with van der Waals surface area (Å²) in [5.41, 5.74) is 7.58. The SMILES string of the molecule is NC(=O)[C@H]1[C@@H]2C[C@H]3[C@H]1Nc1nc(ncc1F)Nc1cccc(c1)/C=C\S[C@@H]3C2. The molecule has 8 heteroatoms. The van der Waals surface area contributed by atoms with Crippen molar-refractivity contribution in [3.05, 3.63) is 47.3 Å². The third kappa shape index (κ3) is 3.01. The number of rotatable bonds is 1. The lowest BCUT2D eigenvalue weighted by Crippen LogP contribution is -2.46. The molecule has 28 heavy (non-hydrogen) atoms. The Morgan fingerprint density at radius 3 is 3.07 bits per heavy atom. The van der Waals surface area contributed by atoms with Gasteiger partial charge in [-0.2, -0.15) is 4.98 Å². The highest BCUT2D eigenvalue weighted by Crippen LogP contribution is 2.53. The van der Waals surface area contributed by atoms with Crippen LogP contribution in [0.2, 0.25) is 0 Å². The Labute approximate surface area is 166 Å². The molecular weight excluding hydrogens is 377 g/mol. The first kappa shape index (κ1) is 17.5. The molecule has 144 valence electrons. The van der Waals surface area contributed by atoms with Gasteiger partial charge in [0, 0.05) is 17.0 Å². The molecule has 5 rings (SSSR count). The number of halogens is 1. The van der Waals surface area contributed by atoms with Gasteiger partial charge in [0.25, 0.3) is 0 Å². The van der Waals surface area contributed by atoms with Gasteiger partial charge in [0.1, 0.15) is 0 Å². The minimum absolute atomic E-state index is 0.105. The Kier molecular flexibility index (Phi) is 4.23. The lowest BCUT2D eigenvalue weighted by Gasteiger charge is -2.34. The van der Waals surface area contributed by atoms with Gasteiger partial charge in [-0.15, -0.1) is 11.8 Å². The van der Waals surface area contributed by atoms with Gasteiger partial charge in [-0.3, -0.25) is 4.79 Å². The van der Waals surface area contributed by atoms with Gasteiger partial charge in [-0.05, 0) is 53.9 Å². The number of amides is 1. The summed E-state index contributed by atoms with van der Waals surface area (Å²) in [6, 6.07) is 7.66. The number of anilines is 3. The van der Waals surface area contributed by atoms with Crippen LogP contribution >= 0.6 is 11.8 Å². The summed E-state index contributed by atoms with van der Waals surface area (Å²) in [7, 11) is 0. The second-order valence-electron chi connectivity index (χ2n) is 7.61. The van der Waals surface area contributed by atoms with Crippen LogP contribution in [0.5, 0.6) is 0 Å². The Balaban J connectivity index is 1.57. The first-order valence-corrected chi connectivity index (χ1v) is 10.3. The molecule has 2 heterocycles. The topological polar surface area (TPSA) is 92.9 Å². The van der Waals surface area contributed by atoms with Crippen LogP contribution in [0, 0.1) is 23.6 Å². The van der Waals surface area contributed by atoms with Gasteiger partial charge >= 0.3 is 0 Å². The number of nitrogens with two attached hydrogens (primary N) is 1. The van der Waals surface area contributed by atoms with E-state index in [0.29, 0.717) is 11.2 Å². The maximum absolute atomic E-state index is 14.4. The fourth-order valence-corrected chi connectivity index (χ4v) is 6.10. The molecule has 2 aliphatic carbocycles. The maximum Gasteiger partial charge on any atom is 0.229 e. The predicted molar refractivity (Wildman–Crippen MR) is 108 cm³/mol. The van der Waals surface area contributed by atoms with Gasteiger partial charge in [0.05, 0.1) is 12.1 Å². The lowest BCUT2D eigenvalue weighted by molar-refractivity contribution is -0.123. The van der Waals surface area contributed by atoms with Crippen molar-refractivity contribution in [3.8, 4) is 0 Å². The Morgan fingerprint density at radius 1 is 1.32 bits per heavy atom. The molecule has 4 N–H and O–H groups in total. The van der Waals surface area contributed by atoms with Crippen LogP contribution in [0.15, 0.2) is 35.9 Å². The highest BCUT2D eigenvalue weighted by atomic mass is 32.2. The molecule has 1 aromatic carbocycles. The normalized spacial score (nSPS) is 31.4. The number of nitrogens with zero attached hydrogens (tertiary/aromatic N) is 2. The van der Waals surface area contributed by atoms with Gasteiger partial charge in [0.15, 0.2) is 11.6 Å². The van der Waals surface area contributed by atoms with E-state index in [-0.39, 0.29) is 35.5 Å². The number of thioether (sulfide) groups is 1. The zero-order chi connectivity index (χ0) is 19.3. The van der Waals surface area contributed by atoms with Crippen molar-refractivity contribution in [2.75, 3.05) is 10.6 Å². The van der Waals surface area contributed by atoms with Crippen LogP contribution < -0.4 is 16.4 Å². The maximum atomic E-state index is 14.4. The summed E-state index contributed by atoms with van der Waals surface area (Å²) in [4.78, 5) is 20.5. The van der Waals surface area contributed by atoms with E-state index >= 15 is 0 Å². The Bertz CT molecular complexity index is 967. The third-order valence-corrected chi connectivity index (χ3v) is 7.16. The van der Waals surface area contributed by atoms with Crippen LogP contribution in [-0.4, -0.2) is 27.2 Å². The third-order valence-electron chi connectivity index (χ3n) is 5.98. The van der Waals surface area contributed by atoms with Crippen LogP contribution in [0.25, 0.3) is 6.08 Å². The monoisotopic (exact) mass is 397 g/mol. The Hall–Kier alpha value is -2.61. The van der Waals surface area contributed by atoms with Crippen molar-refractivity contribution >= 4 is 41.2 Å². The fraction of sp³-hybridized carbons (Fsp3) is 0.350. The van der Waals surface area contributed by atoms with E-state index < -0.39 is 5.82 Å². The quantitative estimate of drug-likeness (QED) is 0.683. The summed E-state index contributed by atoms with van der Waals surface area (Å²) in [5, 5.41) is 8.79. The summed E-state index contributed by atoms with van der Waals surface area (Å²) >= 11 is 1.78. The first-order chi connectivity index (χ1) is 13.6. The first-order valence-electron chi connectivity index (χ1n) is 9.36.